The van der Waals surface area contributed by atoms with Crippen LogP contribution < -0.4 is 20.4 Å². The van der Waals surface area contributed by atoms with E-state index in [-0.39, 0.29) is 22.6 Å². The van der Waals surface area contributed by atoms with Crippen molar-refractivity contribution in [2.45, 2.75) is 19.8 Å². The highest BCUT2D eigenvalue weighted by molar-refractivity contribution is 7.15. The second kappa shape index (κ2) is 9.74. The van der Waals surface area contributed by atoms with Gasteiger partial charge in [-0.2, -0.15) is 14.6 Å². The highest BCUT2D eigenvalue weighted by Gasteiger charge is 2.12. The summed E-state index contributed by atoms with van der Waals surface area (Å²) in [5, 5.41) is 4.28. The van der Waals surface area contributed by atoms with Crippen LogP contribution in [-0.2, 0) is 11.2 Å². The monoisotopic (exact) mass is 463 g/mol. The minimum atomic E-state index is -0.462. The molecule has 9 heteroatoms. The standard InChI is InChI=1S/C24H21N3O5S/c1-3-12-32-18-10-6-15(7-11-18)13-19-21(28)25-24-27(26-19)22(29)20(33-24)14-16-4-8-17(9-5-16)23(30)31-2/h4-11,14H,3,12-13H2,1-2H3/b20-14-. The Bertz CT molecular complexity index is 1460. The van der Waals surface area contributed by atoms with Gasteiger partial charge in [-0.15, -0.1) is 0 Å². The molecule has 8 nitrogen and oxygen atoms in total. The molecule has 2 aromatic carbocycles. The van der Waals surface area contributed by atoms with Gasteiger partial charge >= 0.3 is 5.97 Å². The fourth-order valence-corrected chi connectivity index (χ4v) is 4.06. The molecule has 168 valence electrons. The summed E-state index contributed by atoms with van der Waals surface area (Å²) in [5.74, 6) is 0.328. The van der Waals surface area contributed by atoms with Gasteiger partial charge in [0, 0.05) is 6.42 Å². The van der Waals surface area contributed by atoms with Gasteiger partial charge in [-0.3, -0.25) is 9.59 Å². The Morgan fingerprint density at radius 2 is 1.82 bits per heavy atom. The van der Waals surface area contributed by atoms with E-state index in [2.05, 4.69) is 14.8 Å². The Balaban J connectivity index is 1.63. The first-order valence-corrected chi connectivity index (χ1v) is 11.1. The second-order valence-electron chi connectivity index (χ2n) is 7.26. The van der Waals surface area contributed by atoms with Crippen molar-refractivity contribution in [3.63, 3.8) is 0 Å². The summed E-state index contributed by atoms with van der Waals surface area (Å²) in [5.41, 5.74) is 1.38. The molecule has 0 atom stereocenters. The van der Waals surface area contributed by atoms with Crippen LogP contribution >= 0.6 is 11.3 Å². The van der Waals surface area contributed by atoms with Crippen molar-refractivity contribution in [3.8, 4) is 5.75 Å². The molecular formula is C24H21N3O5S. The third kappa shape index (κ3) is 4.98. The number of carbonyl (C=O) groups excluding carboxylic acids is 1. The lowest BCUT2D eigenvalue weighted by Gasteiger charge is -2.05. The van der Waals surface area contributed by atoms with Gasteiger partial charge in [-0.1, -0.05) is 42.5 Å². The number of benzene rings is 2. The van der Waals surface area contributed by atoms with Crippen LogP contribution in [0.3, 0.4) is 0 Å². The van der Waals surface area contributed by atoms with E-state index in [1.165, 1.54) is 7.11 Å². The van der Waals surface area contributed by atoms with Gasteiger partial charge in [0.15, 0.2) is 0 Å². The van der Waals surface area contributed by atoms with Crippen LogP contribution in [0.5, 0.6) is 5.75 Å². The minimum Gasteiger partial charge on any atom is -0.494 e. The molecule has 0 unspecified atom stereocenters. The zero-order valence-electron chi connectivity index (χ0n) is 18.1. The third-order valence-electron chi connectivity index (χ3n) is 4.85. The summed E-state index contributed by atoms with van der Waals surface area (Å²) in [6, 6.07) is 14.1. The topological polar surface area (TPSA) is 99.9 Å². The van der Waals surface area contributed by atoms with E-state index in [0.29, 0.717) is 16.7 Å². The van der Waals surface area contributed by atoms with E-state index in [1.54, 1.807) is 30.3 Å². The lowest BCUT2D eigenvalue weighted by molar-refractivity contribution is 0.0600. The number of esters is 1. The first-order valence-electron chi connectivity index (χ1n) is 10.3. The highest BCUT2D eigenvalue weighted by atomic mass is 32.1. The van der Waals surface area contributed by atoms with E-state index < -0.39 is 11.5 Å². The molecule has 4 aromatic rings. The summed E-state index contributed by atoms with van der Waals surface area (Å²) in [4.78, 5) is 41.2. The molecule has 33 heavy (non-hydrogen) atoms. The van der Waals surface area contributed by atoms with Crippen LogP contribution in [-0.4, -0.2) is 34.3 Å². The average molecular weight is 464 g/mol. The van der Waals surface area contributed by atoms with E-state index in [1.807, 2.05) is 31.2 Å². The predicted octanol–water partition coefficient (Wildman–Crippen LogP) is 2.23. The number of methoxy groups -OCH3 is 1. The van der Waals surface area contributed by atoms with Gasteiger partial charge < -0.3 is 9.47 Å². The minimum absolute atomic E-state index is 0.193. The largest absolute Gasteiger partial charge is 0.494 e. The number of hydrogen-bond donors (Lipinski definition) is 0. The molecule has 2 heterocycles. The molecular weight excluding hydrogens is 442 g/mol. The summed E-state index contributed by atoms with van der Waals surface area (Å²) in [6.45, 7) is 2.68. The van der Waals surface area contributed by atoms with Gasteiger partial charge in [0.2, 0.25) is 4.96 Å². The molecule has 0 amide bonds. The van der Waals surface area contributed by atoms with Crippen LogP contribution in [0.2, 0.25) is 0 Å². The van der Waals surface area contributed by atoms with Crippen LogP contribution in [0.25, 0.3) is 11.0 Å². The predicted molar refractivity (Wildman–Crippen MR) is 125 cm³/mol. The van der Waals surface area contributed by atoms with Gasteiger partial charge in [-0.25, -0.2) is 4.79 Å². The van der Waals surface area contributed by atoms with Crippen molar-refractivity contribution in [1.29, 1.82) is 0 Å². The van der Waals surface area contributed by atoms with Crippen LogP contribution in [0.1, 0.15) is 40.5 Å². The fourth-order valence-electron chi connectivity index (χ4n) is 3.15. The fraction of sp³-hybridized carbons (Fsp3) is 0.208. The first-order chi connectivity index (χ1) is 16.0. The smallest absolute Gasteiger partial charge is 0.337 e. The number of rotatable bonds is 7. The van der Waals surface area contributed by atoms with Gasteiger partial charge in [0.05, 0.1) is 23.8 Å². The second-order valence-corrected chi connectivity index (χ2v) is 8.27. The highest BCUT2D eigenvalue weighted by Crippen LogP contribution is 2.14. The molecule has 0 radical (unpaired) electrons. The van der Waals surface area contributed by atoms with Crippen molar-refractivity contribution >= 4 is 28.3 Å². The summed E-state index contributed by atoms with van der Waals surface area (Å²) in [7, 11) is 1.32. The summed E-state index contributed by atoms with van der Waals surface area (Å²) in [6.07, 6.45) is 2.85. The van der Waals surface area contributed by atoms with E-state index in [9.17, 15) is 14.4 Å². The molecule has 4 rings (SSSR count). The van der Waals surface area contributed by atoms with Gasteiger partial charge in [0.25, 0.3) is 11.1 Å². The molecule has 0 aliphatic rings. The van der Waals surface area contributed by atoms with Crippen molar-refractivity contribution in [2.75, 3.05) is 13.7 Å². The van der Waals surface area contributed by atoms with Gasteiger partial charge in [0.1, 0.15) is 11.4 Å². The summed E-state index contributed by atoms with van der Waals surface area (Å²) >= 11 is 1.09. The first kappa shape index (κ1) is 22.3. The molecule has 0 fully saturated rings. The normalized spacial score (nSPS) is 11.6. The number of nitrogens with zero attached hydrogens (tertiary/aromatic N) is 3. The van der Waals surface area contributed by atoms with Crippen molar-refractivity contribution < 1.29 is 14.3 Å². The number of ether oxygens (including phenoxy) is 2. The maximum atomic E-state index is 12.9. The van der Waals surface area contributed by atoms with Crippen molar-refractivity contribution in [1.82, 2.24) is 14.6 Å². The number of thiazole rings is 1. The Morgan fingerprint density at radius 3 is 2.48 bits per heavy atom. The number of aromatic nitrogens is 3. The molecule has 0 bridgehead atoms. The SMILES string of the molecule is CCCOc1ccc(Cc2nn3c(=O)/c(=C/c4ccc(C(=O)OC)cc4)sc3nc2=O)cc1. The molecule has 0 spiro atoms. The molecule has 2 aromatic heterocycles. The molecule has 0 aliphatic carbocycles. The van der Waals surface area contributed by atoms with E-state index >= 15 is 0 Å². The van der Waals surface area contributed by atoms with Gasteiger partial charge in [-0.05, 0) is 47.9 Å². The van der Waals surface area contributed by atoms with E-state index in [0.717, 1.165) is 39.1 Å². The zero-order chi connectivity index (χ0) is 23.4. The van der Waals surface area contributed by atoms with Crippen molar-refractivity contribution in [2.24, 2.45) is 0 Å². The maximum Gasteiger partial charge on any atom is 0.337 e. The van der Waals surface area contributed by atoms with E-state index in [4.69, 9.17) is 4.74 Å². The Morgan fingerprint density at radius 1 is 1.09 bits per heavy atom. The number of fused-ring (bicyclic) bond motifs is 1. The van der Waals surface area contributed by atoms with Crippen LogP contribution in [0.4, 0.5) is 0 Å². The van der Waals surface area contributed by atoms with Crippen molar-refractivity contribution in [3.05, 3.63) is 96.2 Å². The Labute approximate surface area is 192 Å². The average Bonchev–Trinajstić information content (AvgIpc) is 3.12. The lowest BCUT2D eigenvalue weighted by Crippen LogP contribution is -2.28. The van der Waals surface area contributed by atoms with Crippen LogP contribution in [0, 0.1) is 0 Å². The Kier molecular flexibility index (Phi) is 6.60. The number of carbonyl (C=O) groups is 1. The summed E-state index contributed by atoms with van der Waals surface area (Å²) < 4.78 is 11.8. The molecule has 0 saturated heterocycles. The zero-order valence-corrected chi connectivity index (χ0v) is 18.9. The third-order valence-corrected chi connectivity index (χ3v) is 5.81. The maximum absolute atomic E-state index is 12.9. The molecule has 0 saturated carbocycles. The Hall–Kier alpha value is -3.85. The number of hydrogen-bond acceptors (Lipinski definition) is 8. The molecule has 0 N–H and O–H groups in total. The molecule has 0 aliphatic heterocycles. The van der Waals surface area contributed by atoms with Crippen LogP contribution in [0.15, 0.2) is 58.1 Å². The quantitative estimate of drug-likeness (QED) is 0.388. The lowest BCUT2D eigenvalue weighted by atomic mass is 10.1.